The van der Waals surface area contributed by atoms with E-state index in [9.17, 15) is 13.2 Å². The highest BCUT2D eigenvalue weighted by molar-refractivity contribution is 7.86. The Morgan fingerprint density at radius 3 is 2.43 bits per heavy atom. The Morgan fingerprint density at radius 2 is 1.76 bits per heavy atom. The van der Waals surface area contributed by atoms with Gasteiger partial charge in [0.1, 0.15) is 0 Å². The molecule has 7 nitrogen and oxygen atoms in total. The van der Waals surface area contributed by atoms with Crippen molar-refractivity contribution in [1.29, 1.82) is 0 Å². The molecule has 0 aliphatic carbocycles. The Kier molecular flexibility index (Phi) is 5.98. The van der Waals surface area contributed by atoms with Crippen LogP contribution < -0.4 is 5.32 Å². The van der Waals surface area contributed by atoms with Crippen molar-refractivity contribution < 1.29 is 18.3 Å². The first-order valence-electron chi connectivity index (χ1n) is 7.68. The monoisotopic (exact) mass is 319 g/mol. The molecule has 2 aliphatic rings. The SMILES string of the molecule is O=C(O)CNCC1CCCN(S(=O)(=O)N2CCCCC2)C1. The number of carboxylic acids is 1. The molecule has 8 heteroatoms. The Bertz CT molecular complexity index is 448. The van der Waals surface area contributed by atoms with Crippen molar-refractivity contribution in [2.24, 2.45) is 5.92 Å². The number of hydrogen-bond acceptors (Lipinski definition) is 4. The molecule has 0 bridgehead atoms. The van der Waals surface area contributed by atoms with Crippen molar-refractivity contribution in [1.82, 2.24) is 13.9 Å². The Hall–Kier alpha value is -0.700. The zero-order valence-corrected chi connectivity index (χ0v) is 13.1. The van der Waals surface area contributed by atoms with Crippen molar-refractivity contribution in [2.45, 2.75) is 32.1 Å². The predicted octanol–water partition coefficient (Wildman–Crippen LogP) is 0.103. The van der Waals surface area contributed by atoms with Gasteiger partial charge in [0.2, 0.25) is 0 Å². The lowest BCUT2D eigenvalue weighted by molar-refractivity contribution is -0.136. The molecular weight excluding hydrogens is 294 g/mol. The van der Waals surface area contributed by atoms with Gasteiger partial charge in [-0.3, -0.25) is 4.79 Å². The van der Waals surface area contributed by atoms with Gasteiger partial charge in [0.15, 0.2) is 0 Å². The molecule has 1 unspecified atom stereocenters. The van der Waals surface area contributed by atoms with Gasteiger partial charge >= 0.3 is 5.97 Å². The van der Waals surface area contributed by atoms with Gasteiger partial charge in [0, 0.05) is 26.2 Å². The molecule has 0 saturated carbocycles. The number of nitrogens with zero attached hydrogens (tertiary/aromatic N) is 2. The van der Waals surface area contributed by atoms with E-state index in [0.29, 0.717) is 32.7 Å². The van der Waals surface area contributed by atoms with E-state index in [4.69, 9.17) is 5.11 Å². The summed E-state index contributed by atoms with van der Waals surface area (Å²) in [5, 5.41) is 11.5. The second kappa shape index (κ2) is 7.53. The van der Waals surface area contributed by atoms with E-state index >= 15 is 0 Å². The van der Waals surface area contributed by atoms with E-state index < -0.39 is 16.2 Å². The summed E-state index contributed by atoms with van der Waals surface area (Å²) < 4.78 is 28.4. The second-order valence-corrected chi connectivity index (χ2v) is 7.79. The second-order valence-electron chi connectivity index (χ2n) is 5.86. The number of piperidine rings is 2. The summed E-state index contributed by atoms with van der Waals surface area (Å²) in [5.41, 5.74) is 0. The lowest BCUT2D eigenvalue weighted by Crippen LogP contribution is -2.50. The molecule has 2 fully saturated rings. The summed E-state index contributed by atoms with van der Waals surface area (Å²) in [5.74, 6) is -0.693. The Balaban J connectivity index is 1.88. The number of nitrogens with one attached hydrogen (secondary N) is 1. The highest BCUT2D eigenvalue weighted by atomic mass is 32.2. The summed E-state index contributed by atoms with van der Waals surface area (Å²) in [7, 11) is -3.34. The molecule has 0 radical (unpaired) electrons. The fraction of sp³-hybridized carbons (Fsp3) is 0.923. The van der Waals surface area contributed by atoms with Gasteiger partial charge in [-0.15, -0.1) is 0 Å². The van der Waals surface area contributed by atoms with Crippen LogP contribution >= 0.6 is 0 Å². The lowest BCUT2D eigenvalue weighted by Gasteiger charge is -2.36. The molecule has 0 aromatic rings. The van der Waals surface area contributed by atoms with E-state index in [1.54, 1.807) is 8.61 Å². The molecule has 21 heavy (non-hydrogen) atoms. The molecule has 0 spiro atoms. The van der Waals surface area contributed by atoms with Crippen molar-refractivity contribution >= 4 is 16.2 Å². The summed E-state index contributed by atoms with van der Waals surface area (Å²) in [6.07, 6.45) is 4.77. The van der Waals surface area contributed by atoms with Gasteiger partial charge in [0.05, 0.1) is 6.54 Å². The van der Waals surface area contributed by atoms with E-state index in [1.807, 2.05) is 0 Å². The van der Waals surface area contributed by atoms with Gasteiger partial charge in [-0.1, -0.05) is 6.42 Å². The zero-order valence-electron chi connectivity index (χ0n) is 12.3. The average molecular weight is 319 g/mol. The Morgan fingerprint density at radius 1 is 1.10 bits per heavy atom. The molecular formula is C13H25N3O4S. The maximum atomic E-state index is 12.6. The van der Waals surface area contributed by atoms with Gasteiger partial charge < -0.3 is 10.4 Å². The van der Waals surface area contributed by atoms with Gasteiger partial charge in [-0.2, -0.15) is 17.0 Å². The third kappa shape index (κ3) is 4.64. The van der Waals surface area contributed by atoms with E-state index in [0.717, 1.165) is 32.1 Å². The van der Waals surface area contributed by atoms with Crippen LogP contribution in [0.25, 0.3) is 0 Å². The normalized spacial score (nSPS) is 25.8. The molecule has 1 atom stereocenters. The van der Waals surface area contributed by atoms with Crippen LogP contribution in [0, 0.1) is 5.92 Å². The smallest absolute Gasteiger partial charge is 0.317 e. The minimum Gasteiger partial charge on any atom is -0.480 e. The molecule has 0 aromatic carbocycles. The molecule has 0 amide bonds. The largest absolute Gasteiger partial charge is 0.480 e. The Labute approximate surface area is 126 Å². The van der Waals surface area contributed by atoms with E-state index in [-0.39, 0.29) is 12.5 Å². The molecule has 2 aliphatic heterocycles. The lowest BCUT2D eigenvalue weighted by atomic mass is 10.00. The minimum absolute atomic E-state index is 0.0740. The zero-order chi connectivity index (χ0) is 15.3. The number of carboxylic acid groups (broad SMARTS) is 1. The van der Waals surface area contributed by atoms with Crippen LogP contribution in [0.1, 0.15) is 32.1 Å². The van der Waals surface area contributed by atoms with Crippen LogP contribution in [0.2, 0.25) is 0 Å². The fourth-order valence-electron chi connectivity index (χ4n) is 3.05. The number of aliphatic carboxylic acids is 1. The van der Waals surface area contributed by atoms with Gasteiger partial charge in [-0.25, -0.2) is 0 Å². The molecule has 2 N–H and O–H groups in total. The van der Waals surface area contributed by atoms with Crippen LogP contribution in [0.3, 0.4) is 0 Å². The average Bonchev–Trinajstić information content (AvgIpc) is 2.48. The van der Waals surface area contributed by atoms with Crippen molar-refractivity contribution in [2.75, 3.05) is 39.3 Å². The third-order valence-electron chi connectivity index (χ3n) is 4.16. The number of rotatable bonds is 6. The summed E-state index contributed by atoms with van der Waals surface area (Å²) in [4.78, 5) is 10.5. The summed E-state index contributed by atoms with van der Waals surface area (Å²) in [6, 6.07) is 0. The maximum absolute atomic E-state index is 12.6. The topological polar surface area (TPSA) is 90.0 Å². The number of carbonyl (C=O) groups is 1. The third-order valence-corrected chi connectivity index (χ3v) is 6.16. The highest BCUT2D eigenvalue weighted by Crippen LogP contribution is 2.23. The first-order valence-corrected chi connectivity index (χ1v) is 9.07. The quantitative estimate of drug-likeness (QED) is 0.725. The predicted molar refractivity (Wildman–Crippen MR) is 79.1 cm³/mol. The van der Waals surface area contributed by atoms with Crippen LogP contribution in [0.4, 0.5) is 0 Å². The molecule has 122 valence electrons. The first kappa shape index (κ1) is 16.7. The van der Waals surface area contributed by atoms with Crippen LogP contribution in [0.15, 0.2) is 0 Å². The van der Waals surface area contributed by atoms with Crippen LogP contribution in [-0.4, -0.2) is 67.4 Å². The summed E-state index contributed by atoms with van der Waals surface area (Å²) >= 11 is 0. The molecule has 2 rings (SSSR count). The van der Waals surface area contributed by atoms with Crippen molar-refractivity contribution in [3.63, 3.8) is 0 Å². The molecule has 0 aromatic heterocycles. The van der Waals surface area contributed by atoms with Gasteiger partial charge in [0.25, 0.3) is 10.2 Å². The van der Waals surface area contributed by atoms with Crippen molar-refractivity contribution in [3.05, 3.63) is 0 Å². The summed E-state index contributed by atoms with van der Waals surface area (Å²) in [6.45, 7) is 2.80. The highest BCUT2D eigenvalue weighted by Gasteiger charge is 2.33. The van der Waals surface area contributed by atoms with Crippen molar-refractivity contribution in [3.8, 4) is 0 Å². The minimum atomic E-state index is -3.34. The van der Waals surface area contributed by atoms with Crippen LogP contribution in [-0.2, 0) is 15.0 Å². The maximum Gasteiger partial charge on any atom is 0.317 e. The standard InChI is InChI=1S/C13H25N3O4S/c17-13(18)10-14-9-12-5-4-8-16(11-12)21(19,20)15-6-2-1-3-7-15/h12,14H,1-11H2,(H,17,18). The first-order chi connectivity index (χ1) is 10.00. The van der Waals surface area contributed by atoms with E-state index in [1.165, 1.54) is 0 Å². The van der Waals surface area contributed by atoms with Gasteiger partial charge in [-0.05, 0) is 38.1 Å². The van der Waals surface area contributed by atoms with E-state index in [2.05, 4.69) is 5.32 Å². The van der Waals surface area contributed by atoms with Crippen LogP contribution in [0.5, 0.6) is 0 Å². The molecule has 2 saturated heterocycles. The fourth-order valence-corrected chi connectivity index (χ4v) is 4.85. The molecule has 2 heterocycles. The number of hydrogen-bond donors (Lipinski definition) is 2.